The van der Waals surface area contributed by atoms with Crippen LogP contribution in [-0.2, 0) is 6.54 Å². The molecule has 0 bridgehead atoms. The highest BCUT2D eigenvalue weighted by Gasteiger charge is 2.24. The van der Waals surface area contributed by atoms with Crippen LogP contribution in [-0.4, -0.2) is 29.8 Å². The first-order valence-corrected chi connectivity index (χ1v) is 8.85. The number of halogens is 1. The molecule has 0 amide bonds. The predicted octanol–water partition coefficient (Wildman–Crippen LogP) is 4.17. The van der Waals surface area contributed by atoms with Crippen LogP contribution in [0.3, 0.4) is 0 Å². The summed E-state index contributed by atoms with van der Waals surface area (Å²) in [5.41, 5.74) is 1.09. The number of rotatable bonds is 8. The average Bonchev–Trinajstić information content (AvgIpc) is 2.47. The maximum Gasteiger partial charge on any atom is 0.172 e. The third-order valence-electron chi connectivity index (χ3n) is 3.81. The van der Waals surface area contributed by atoms with Gasteiger partial charge in [-0.1, -0.05) is 13.8 Å². The van der Waals surface area contributed by atoms with E-state index < -0.39 is 0 Å². The highest BCUT2D eigenvalue weighted by molar-refractivity contribution is 9.10. The summed E-state index contributed by atoms with van der Waals surface area (Å²) in [4.78, 5) is 0. The number of methoxy groups -OCH3 is 1. The van der Waals surface area contributed by atoms with Crippen molar-refractivity contribution in [3.05, 3.63) is 22.2 Å². The van der Waals surface area contributed by atoms with Crippen LogP contribution in [0.15, 0.2) is 16.6 Å². The van der Waals surface area contributed by atoms with Crippen molar-refractivity contribution in [3.8, 4) is 11.5 Å². The largest absolute Gasteiger partial charge is 0.503 e. The molecule has 2 N–H and O–H groups in total. The average molecular weight is 362 g/mol. The molecule has 114 valence electrons. The SMILES string of the molecule is CCC(CC)(CNCc1cc(Br)c(O)c(OC)c1)SC. The van der Waals surface area contributed by atoms with Gasteiger partial charge >= 0.3 is 0 Å². The summed E-state index contributed by atoms with van der Waals surface area (Å²) in [7, 11) is 1.56. The summed E-state index contributed by atoms with van der Waals surface area (Å²) in [5.74, 6) is 0.648. The summed E-state index contributed by atoms with van der Waals surface area (Å²) < 4.78 is 6.13. The molecule has 20 heavy (non-hydrogen) atoms. The molecule has 1 aromatic carbocycles. The lowest BCUT2D eigenvalue weighted by Gasteiger charge is -2.30. The minimum atomic E-state index is 0.150. The molecule has 0 aliphatic rings. The van der Waals surface area contributed by atoms with E-state index >= 15 is 0 Å². The topological polar surface area (TPSA) is 41.5 Å². The van der Waals surface area contributed by atoms with Gasteiger partial charge in [0.25, 0.3) is 0 Å². The Bertz CT molecular complexity index is 428. The Hall–Kier alpha value is -0.390. The van der Waals surface area contributed by atoms with E-state index in [1.165, 1.54) is 0 Å². The molecule has 1 rings (SSSR count). The van der Waals surface area contributed by atoms with E-state index in [9.17, 15) is 5.11 Å². The first-order chi connectivity index (χ1) is 9.51. The van der Waals surface area contributed by atoms with Crippen molar-refractivity contribution in [2.45, 2.75) is 38.0 Å². The van der Waals surface area contributed by atoms with Crippen LogP contribution in [0.2, 0.25) is 0 Å². The number of phenols is 1. The zero-order valence-corrected chi connectivity index (χ0v) is 15.0. The Morgan fingerprint density at radius 1 is 1.35 bits per heavy atom. The van der Waals surface area contributed by atoms with Crippen molar-refractivity contribution in [1.82, 2.24) is 5.32 Å². The summed E-state index contributed by atoms with van der Waals surface area (Å²) in [6, 6.07) is 3.79. The molecule has 0 atom stereocenters. The van der Waals surface area contributed by atoms with Crippen molar-refractivity contribution in [2.24, 2.45) is 0 Å². The number of benzene rings is 1. The smallest absolute Gasteiger partial charge is 0.172 e. The van der Waals surface area contributed by atoms with Gasteiger partial charge in [-0.2, -0.15) is 11.8 Å². The van der Waals surface area contributed by atoms with Gasteiger partial charge in [-0.3, -0.25) is 0 Å². The molecule has 0 aliphatic carbocycles. The van der Waals surface area contributed by atoms with Crippen molar-refractivity contribution >= 4 is 27.7 Å². The van der Waals surface area contributed by atoms with E-state index in [-0.39, 0.29) is 5.75 Å². The van der Waals surface area contributed by atoms with Crippen molar-refractivity contribution in [3.63, 3.8) is 0 Å². The maximum atomic E-state index is 9.80. The van der Waals surface area contributed by atoms with Gasteiger partial charge in [0.1, 0.15) is 0 Å². The van der Waals surface area contributed by atoms with Crippen molar-refractivity contribution in [2.75, 3.05) is 19.9 Å². The molecule has 0 aliphatic heterocycles. The molecule has 1 aromatic rings. The summed E-state index contributed by atoms with van der Waals surface area (Å²) in [5, 5.41) is 13.3. The van der Waals surface area contributed by atoms with E-state index in [0.717, 1.165) is 31.5 Å². The number of ether oxygens (including phenoxy) is 1. The molecule has 0 aromatic heterocycles. The first kappa shape index (κ1) is 17.7. The fourth-order valence-electron chi connectivity index (χ4n) is 2.18. The quantitative estimate of drug-likeness (QED) is 0.728. The number of hydrogen-bond acceptors (Lipinski definition) is 4. The summed E-state index contributed by atoms with van der Waals surface area (Å²) in [6.45, 7) is 6.21. The van der Waals surface area contributed by atoms with E-state index in [1.54, 1.807) is 7.11 Å². The Morgan fingerprint density at radius 3 is 2.50 bits per heavy atom. The lowest BCUT2D eigenvalue weighted by Crippen LogP contribution is -2.36. The molecular formula is C15H24BrNO2S. The van der Waals surface area contributed by atoms with Crippen LogP contribution in [0.5, 0.6) is 11.5 Å². The number of aromatic hydroxyl groups is 1. The molecule has 0 saturated heterocycles. The highest BCUT2D eigenvalue weighted by Crippen LogP contribution is 2.35. The molecular weight excluding hydrogens is 338 g/mol. The van der Waals surface area contributed by atoms with E-state index in [1.807, 2.05) is 23.9 Å². The molecule has 3 nitrogen and oxygen atoms in total. The third kappa shape index (κ3) is 4.30. The first-order valence-electron chi connectivity index (χ1n) is 6.83. The van der Waals surface area contributed by atoms with Crippen LogP contribution in [0.25, 0.3) is 0 Å². The van der Waals surface area contributed by atoms with Crippen molar-refractivity contribution in [1.29, 1.82) is 0 Å². The second-order valence-electron chi connectivity index (χ2n) is 4.83. The van der Waals surface area contributed by atoms with Crippen LogP contribution >= 0.6 is 27.7 Å². The Kier molecular flexibility index (Phi) is 7.20. The van der Waals surface area contributed by atoms with Gasteiger partial charge in [-0.05, 0) is 52.7 Å². The minimum absolute atomic E-state index is 0.150. The van der Waals surface area contributed by atoms with Gasteiger partial charge in [0.05, 0.1) is 11.6 Å². The fourth-order valence-corrected chi connectivity index (χ4v) is 3.49. The highest BCUT2D eigenvalue weighted by atomic mass is 79.9. The number of thioether (sulfide) groups is 1. The number of nitrogens with one attached hydrogen (secondary N) is 1. The van der Waals surface area contributed by atoms with E-state index in [0.29, 0.717) is 15.0 Å². The molecule has 0 spiro atoms. The second kappa shape index (κ2) is 8.15. The monoisotopic (exact) mass is 361 g/mol. The Labute approximate surface area is 134 Å². The van der Waals surface area contributed by atoms with Gasteiger partial charge in [-0.15, -0.1) is 0 Å². The Balaban J connectivity index is 2.69. The molecule has 0 heterocycles. The second-order valence-corrected chi connectivity index (χ2v) is 6.95. The van der Waals surface area contributed by atoms with Gasteiger partial charge < -0.3 is 15.2 Å². The zero-order valence-electron chi connectivity index (χ0n) is 12.6. The Morgan fingerprint density at radius 2 is 2.00 bits per heavy atom. The lowest BCUT2D eigenvalue weighted by molar-refractivity contribution is 0.371. The van der Waals surface area contributed by atoms with Crippen molar-refractivity contribution < 1.29 is 9.84 Å². The van der Waals surface area contributed by atoms with Gasteiger partial charge in [0, 0.05) is 17.8 Å². The predicted molar refractivity (Wildman–Crippen MR) is 90.9 cm³/mol. The van der Waals surface area contributed by atoms with Gasteiger partial charge in [-0.25, -0.2) is 0 Å². The molecule has 0 radical (unpaired) electrons. The summed E-state index contributed by atoms with van der Waals surface area (Å²) >= 11 is 5.28. The van der Waals surface area contributed by atoms with Gasteiger partial charge in [0.15, 0.2) is 11.5 Å². The summed E-state index contributed by atoms with van der Waals surface area (Å²) in [6.07, 6.45) is 4.48. The number of hydrogen-bond donors (Lipinski definition) is 2. The minimum Gasteiger partial charge on any atom is -0.503 e. The maximum absolute atomic E-state index is 9.80. The molecule has 5 heteroatoms. The zero-order chi connectivity index (χ0) is 15.2. The van der Waals surface area contributed by atoms with Crippen LogP contribution in [0.1, 0.15) is 32.3 Å². The third-order valence-corrected chi connectivity index (χ3v) is 6.00. The lowest BCUT2D eigenvalue weighted by atomic mass is 10.0. The van der Waals surface area contributed by atoms with Crippen LogP contribution in [0.4, 0.5) is 0 Å². The molecule has 0 saturated carbocycles. The molecule has 0 fully saturated rings. The van der Waals surface area contributed by atoms with Crippen LogP contribution in [0, 0.1) is 0 Å². The van der Waals surface area contributed by atoms with Crippen LogP contribution < -0.4 is 10.1 Å². The van der Waals surface area contributed by atoms with E-state index in [2.05, 4.69) is 41.3 Å². The number of phenolic OH excluding ortho intramolecular Hbond substituents is 1. The van der Waals surface area contributed by atoms with E-state index in [4.69, 9.17) is 4.74 Å². The fraction of sp³-hybridized carbons (Fsp3) is 0.600. The van der Waals surface area contributed by atoms with Gasteiger partial charge in [0.2, 0.25) is 0 Å². The molecule has 0 unspecified atom stereocenters. The normalized spacial score (nSPS) is 11.7. The standard InChI is InChI=1S/C15H24BrNO2S/c1-5-15(6-2,20-4)10-17-9-11-7-12(16)14(18)13(8-11)19-3/h7-8,17-18H,5-6,9-10H2,1-4H3.